The van der Waals surface area contributed by atoms with Gasteiger partial charge in [-0.05, 0) is 44.9 Å². The minimum absolute atomic E-state index is 0.0156. The zero-order valence-electron chi connectivity index (χ0n) is 14.8. The van der Waals surface area contributed by atoms with Gasteiger partial charge in [-0.1, -0.05) is 25.0 Å². The second kappa shape index (κ2) is 9.64. The van der Waals surface area contributed by atoms with Gasteiger partial charge >= 0.3 is 0 Å². The van der Waals surface area contributed by atoms with Crippen LogP contribution < -0.4 is 10.1 Å². The lowest BCUT2D eigenvalue weighted by Gasteiger charge is -2.31. The number of hydrogen-bond donors (Lipinski definition) is 2. The van der Waals surface area contributed by atoms with Crippen molar-refractivity contribution in [1.29, 1.82) is 0 Å². The fourth-order valence-corrected chi connectivity index (χ4v) is 3.25. The van der Waals surface area contributed by atoms with E-state index >= 15 is 0 Å². The van der Waals surface area contributed by atoms with E-state index in [-0.39, 0.29) is 12.0 Å². The molecule has 134 valence electrons. The van der Waals surface area contributed by atoms with Gasteiger partial charge < -0.3 is 20.1 Å². The molecule has 1 saturated carbocycles. The molecule has 0 radical (unpaired) electrons. The van der Waals surface area contributed by atoms with Crippen LogP contribution >= 0.6 is 0 Å². The van der Waals surface area contributed by atoms with Gasteiger partial charge in [-0.2, -0.15) is 0 Å². The quantitative estimate of drug-likeness (QED) is 0.767. The molecular formula is C19H30N2O3. The Morgan fingerprint density at radius 3 is 2.83 bits per heavy atom. The molecule has 1 aromatic carbocycles. The summed E-state index contributed by atoms with van der Waals surface area (Å²) in [5, 5.41) is 13.0. The van der Waals surface area contributed by atoms with Crippen molar-refractivity contribution in [2.45, 2.75) is 45.1 Å². The molecule has 1 amide bonds. The van der Waals surface area contributed by atoms with Gasteiger partial charge in [-0.3, -0.25) is 4.79 Å². The van der Waals surface area contributed by atoms with Crippen LogP contribution in [-0.2, 0) is 4.79 Å². The van der Waals surface area contributed by atoms with Crippen molar-refractivity contribution < 1.29 is 14.6 Å². The monoisotopic (exact) mass is 334 g/mol. The van der Waals surface area contributed by atoms with Crippen LogP contribution in [0.4, 0.5) is 5.69 Å². The molecule has 1 aliphatic carbocycles. The molecule has 1 fully saturated rings. The third-order valence-corrected chi connectivity index (χ3v) is 4.60. The summed E-state index contributed by atoms with van der Waals surface area (Å²) in [7, 11) is 2.02. The molecule has 5 nitrogen and oxygen atoms in total. The number of benzene rings is 1. The average Bonchev–Trinajstić information content (AvgIpc) is 2.57. The number of carbonyl (C=O) groups excluding carboxylic acids is 1. The average molecular weight is 334 g/mol. The Bertz CT molecular complexity index is 521. The van der Waals surface area contributed by atoms with E-state index in [0.717, 1.165) is 31.5 Å². The predicted octanol–water partition coefficient (Wildman–Crippen LogP) is 2.90. The first kappa shape index (κ1) is 18.7. The van der Waals surface area contributed by atoms with E-state index in [1.54, 1.807) is 0 Å². The van der Waals surface area contributed by atoms with Gasteiger partial charge in [-0.15, -0.1) is 0 Å². The van der Waals surface area contributed by atoms with E-state index in [0.29, 0.717) is 31.2 Å². The van der Waals surface area contributed by atoms with Crippen molar-refractivity contribution in [3.63, 3.8) is 0 Å². The molecule has 2 N–H and O–H groups in total. The van der Waals surface area contributed by atoms with E-state index in [9.17, 15) is 9.90 Å². The third-order valence-electron chi connectivity index (χ3n) is 4.60. The molecule has 0 saturated heterocycles. The Balaban J connectivity index is 1.76. The smallest absolute Gasteiger partial charge is 0.225 e. The summed E-state index contributed by atoms with van der Waals surface area (Å²) in [6, 6.07) is 7.49. The van der Waals surface area contributed by atoms with E-state index in [4.69, 9.17) is 4.74 Å². The first-order valence-corrected chi connectivity index (χ1v) is 8.98. The van der Waals surface area contributed by atoms with Gasteiger partial charge in [0.2, 0.25) is 5.91 Å². The maximum Gasteiger partial charge on any atom is 0.225 e. The van der Waals surface area contributed by atoms with Gasteiger partial charge in [0.15, 0.2) is 0 Å². The maximum atomic E-state index is 12.2. The molecule has 1 aromatic rings. The van der Waals surface area contributed by atoms with Crippen LogP contribution in [-0.4, -0.2) is 48.8 Å². The van der Waals surface area contributed by atoms with Crippen molar-refractivity contribution in [3.05, 3.63) is 24.3 Å². The lowest BCUT2D eigenvalue weighted by Crippen LogP contribution is -2.36. The summed E-state index contributed by atoms with van der Waals surface area (Å²) in [5.74, 6) is 1.02. The van der Waals surface area contributed by atoms with Crippen LogP contribution in [0.15, 0.2) is 24.3 Å². The van der Waals surface area contributed by atoms with Crippen molar-refractivity contribution >= 4 is 11.6 Å². The lowest BCUT2D eigenvalue weighted by molar-refractivity contribution is -0.116. The van der Waals surface area contributed by atoms with E-state index in [1.165, 1.54) is 6.42 Å². The summed E-state index contributed by atoms with van der Waals surface area (Å²) in [4.78, 5) is 14.3. The number of carbonyl (C=O) groups is 1. The number of ether oxygens (including phenoxy) is 1. The number of nitrogens with zero attached hydrogens (tertiary/aromatic N) is 1. The zero-order chi connectivity index (χ0) is 17.4. The van der Waals surface area contributed by atoms with Crippen LogP contribution in [0, 0.1) is 5.92 Å². The lowest BCUT2D eigenvalue weighted by atomic mass is 9.86. The summed E-state index contributed by atoms with van der Waals surface area (Å²) in [5.41, 5.74) is 0.717. The molecule has 0 aromatic heterocycles. The van der Waals surface area contributed by atoms with Crippen LogP contribution in [0.25, 0.3) is 0 Å². The zero-order valence-corrected chi connectivity index (χ0v) is 14.8. The summed E-state index contributed by atoms with van der Waals surface area (Å²) in [6.45, 7) is 4.03. The van der Waals surface area contributed by atoms with E-state index in [2.05, 4.69) is 10.2 Å². The van der Waals surface area contributed by atoms with Gasteiger partial charge in [-0.25, -0.2) is 0 Å². The highest BCUT2D eigenvalue weighted by molar-refractivity contribution is 5.92. The highest BCUT2D eigenvalue weighted by atomic mass is 16.5. The van der Waals surface area contributed by atoms with Gasteiger partial charge in [0.05, 0.1) is 18.4 Å². The number of nitrogens with one attached hydrogen (secondary N) is 1. The summed E-state index contributed by atoms with van der Waals surface area (Å²) in [6.07, 6.45) is 4.56. The molecule has 2 unspecified atom stereocenters. The molecule has 2 rings (SSSR count). The molecule has 24 heavy (non-hydrogen) atoms. The Kier molecular flexibility index (Phi) is 7.53. The number of anilines is 1. The second-order valence-corrected chi connectivity index (χ2v) is 6.60. The third kappa shape index (κ3) is 5.80. The highest BCUT2D eigenvalue weighted by Crippen LogP contribution is 2.25. The molecule has 0 heterocycles. The second-order valence-electron chi connectivity index (χ2n) is 6.60. The van der Waals surface area contributed by atoms with Crippen molar-refractivity contribution in [1.82, 2.24) is 4.90 Å². The fraction of sp³-hybridized carbons (Fsp3) is 0.632. The van der Waals surface area contributed by atoms with Gasteiger partial charge in [0.1, 0.15) is 5.75 Å². The first-order chi connectivity index (χ1) is 11.6. The molecule has 0 aliphatic heterocycles. The first-order valence-electron chi connectivity index (χ1n) is 8.98. The standard InChI is InChI=1S/C19H30N2O3/c1-3-24-18-11-7-5-9-16(18)20-19(23)12-13-21(2)14-15-8-4-6-10-17(15)22/h5,7,9,11,15,17,22H,3-4,6,8,10,12-14H2,1-2H3,(H,20,23). The molecule has 2 atom stereocenters. The predicted molar refractivity (Wildman–Crippen MR) is 96.3 cm³/mol. The Morgan fingerprint density at radius 1 is 1.33 bits per heavy atom. The number of amides is 1. The van der Waals surface area contributed by atoms with Crippen molar-refractivity contribution in [2.24, 2.45) is 5.92 Å². The minimum Gasteiger partial charge on any atom is -0.492 e. The van der Waals surface area contributed by atoms with Crippen LogP contribution in [0.2, 0.25) is 0 Å². The number of para-hydroxylation sites is 2. The Morgan fingerprint density at radius 2 is 2.08 bits per heavy atom. The summed E-state index contributed by atoms with van der Waals surface area (Å²) >= 11 is 0. The molecule has 0 spiro atoms. The van der Waals surface area contributed by atoms with E-state index in [1.807, 2.05) is 38.2 Å². The van der Waals surface area contributed by atoms with Crippen LogP contribution in [0.3, 0.4) is 0 Å². The highest BCUT2D eigenvalue weighted by Gasteiger charge is 2.24. The Labute approximate surface area is 145 Å². The van der Waals surface area contributed by atoms with Crippen LogP contribution in [0.5, 0.6) is 5.75 Å². The Hall–Kier alpha value is -1.59. The van der Waals surface area contributed by atoms with Crippen LogP contribution in [0.1, 0.15) is 39.0 Å². The SMILES string of the molecule is CCOc1ccccc1NC(=O)CCN(C)CC1CCCCC1O. The minimum atomic E-state index is -0.187. The maximum absolute atomic E-state index is 12.2. The van der Waals surface area contributed by atoms with Gasteiger partial charge in [0.25, 0.3) is 0 Å². The molecule has 1 aliphatic rings. The number of aliphatic hydroxyl groups excluding tert-OH is 1. The summed E-state index contributed by atoms with van der Waals surface area (Å²) < 4.78 is 5.52. The van der Waals surface area contributed by atoms with E-state index < -0.39 is 0 Å². The topological polar surface area (TPSA) is 61.8 Å². The fourth-order valence-electron chi connectivity index (χ4n) is 3.25. The number of aliphatic hydroxyl groups is 1. The largest absolute Gasteiger partial charge is 0.492 e. The van der Waals surface area contributed by atoms with Crippen molar-refractivity contribution in [2.75, 3.05) is 32.1 Å². The molecular weight excluding hydrogens is 304 g/mol. The molecule has 5 heteroatoms. The number of hydrogen-bond acceptors (Lipinski definition) is 4. The number of rotatable bonds is 8. The van der Waals surface area contributed by atoms with Crippen molar-refractivity contribution in [3.8, 4) is 5.75 Å². The van der Waals surface area contributed by atoms with Gasteiger partial charge in [0, 0.05) is 19.5 Å². The molecule has 0 bridgehead atoms. The normalized spacial score (nSPS) is 20.8.